The highest BCUT2D eigenvalue weighted by Crippen LogP contribution is 2.01. The highest BCUT2D eigenvalue weighted by Gasteiger charge is 2.22. The lowest BCUT2D eigenvalue weighted by molar-refractivity contribution is -0.154. The van der Waals surface area contributed by atoms with Crippen molar-refractivity contribution in [2.75, 3.05) is 19.8 Å². The van der Waals surface area contributed by atoms with E-state index in [-0.39, 0.29) is 13.0 Å². The van der Waals surface area contributed by atoms with E-state index in [0.29, 0.717) is 0 Å². The zero-order valence-corrected chi connectivity index (χ0v) is 10.3. The standard InChI is InChI=1S/C10H16O9/c1-2-7(9(14)15)18-10(16)19-8(13)5-17-4-6(12)3-11/h6-7,11-12H,2-5H2,1H3,(H,14,15). The van der Waals surface area contributed by atoms with E-state index in [2.05, 4.69) is 14.2 Å². The summed E-state index contributed by atoms with van der Waals surface area (Å²) >= 11 is 0. The molecular weight excluding hydrogens is 264 g/mol. The quantitative estimate of drug-likeness (QED) is 0.373. The predicted octanol–water partition coefficient (Wildman–Crippen LogP) is -1.10. The van der Waals surface area contributed by atoms with Gasteiger partial charge in [-0.2, -0.15) is 0 Å². The minimum Gasteiger partial charge on any atom is -0.479 e. The van der Waals surface area contributed by atoms with Crippen LogP contribution in [-0.4, -0.2) is 65.4 Å². The number of carbonyl (C=O) groups excluding carboxylic acids is 2. The molecule has 9 heteroatoms. The zero-order valence-electron chi connectivity index (χ0n) is 10.3. The number of carboxylic acids is 1. The van der Waals surface area contributed by atoms with Crippen LogP contribution in [0.2, 0.25) is 0 Å². The van der Waals surface area contributed by atoms with Gasteiger partial charge in [-0.05, 0) is 6.42 Å². The van der Waals surface area contributed by atoms with E-state index in [1.165, 1.54) is 6.92 Å². The smallest absolute Gasteiger partial charge is 0.479 e. The maximum Gasteiger partial charge on any atom is 0.517 e. The summed E-state index contributed by atoms with van der Waals surface area (Å²) in [6.45, 7) is -0.00938. The summed E-state index contributed by atoms with van der Waals surface area (Å²) in [7, 11) is 0. The van der Waals surface area contributed by atoms with Gasteiger partial charge in [0.15, 0.2) is 0 Å². The van der Waals surface area contributed by atoms with Gasteiger partial charge in [0.1, 0.15) is 12.7 Å². The first kappa shape index (κ1) is 17.3. The molecule has 0 heterocycles. The summed E-state index contributed by atoms with van der Waals surface area (Å²) in [6, 6.07) is 0. The van der Waals surface area contributed by atoms with Crippen molar-refractivity contribution in [2.24, 2.45) is 0 Å². The minimum atomic E-state index is -1.44. The van der Waals surface area contributed by atoms with Crippen LogP contribution in [0.15, 0.2) is 0 Å². The molecule has 0 saturated heterocycles. The Morgan fingerprint density at radius 2 is 1.89 bits per heavy atom. The van der Waals surface area contributed by atoms with Crippen molar-refractivity contribution in [1.82, 2.24) is 0 Å². The lowest BCUT2D eigenvalue weighted by Gasteiger charge is -2.11. The number of aliphatic hydroxyl groups excluding tert-OH is 2. The Hall–Kier alpha value is -1.71. The summed E-state index contributed by atoms with van der Waals surface area (Å²) in [4.78, 5) is 32.6. The van der Waals surface area contributed by atoms with Crippen molar-refractivity contribution >= 4 is 18.1 Å². The van der Waals surface area contributed by atoms with E-state index in [0.717, 1.165) is 0 Å². The fourth-order valence-corrected chi connectivity index (χ4v) is 0.902. The molecule has 0 radical (unpaired) electrons. The molecule has 0 aliphatic heterocycles. The molecule has 0 rings (SSSR count). The first-order valence-electron chi connectivity index (χ1n) is 5.41. The Kier molecular flexibility index (Phi) is 8.42. The number of ether oxygens (including phenoxy) is 3. The van der Waals surface area contributed by atoms with Crippen LogP contribution in [0.4, 0.5) is 4.79 Å². The van der Waals surface area contributed by atoms with Crippen LogP contribution in [0, 0.1) is 0 Å². The van der Waals surface area contributed by atoms with E-state index < -0.39 is 43.5 Å². The number of rotatable bonds is 8. The molecule has 110 valence electrons. The van der Waals surface area contributed by atoms with E-state index in [9.17, 15) is 14.4 Å². The van der Waals surface area contributed by atoms with Crippen molar-refractivity contribution < 1.29 is 43.9 Å². The molecule has 0 aromatic heterocycles. The summed E-state index contributed by atoms with van der Waals surface area (Å²) < 4.78 is 13.1. The van der Waals surface area contributed by atoms with Crippen LogP contribution in [-0.2, 0) is 23.8 Å². The lowest BCUT2D eigenvalue weighted by Crippen LogP contribution is -2.29. The highest BCUT2D eigenvalue weighted by atomic mass is 16.8. The second-order valence-corrected chi connectivity index (χ2v) is 3.43. The van der Waals surface area contributed by atoms with Crippen molar-refractivity contribution in [1.29, 1.82) is 0 Å². The first-order valence-corrected chi connectivity index (χ1v) is 5.41. The number of aliphatic hydroxyl groups is 2. The molecule has 0 saturated carbocycles. The Morgan fingerprint density at radius 1 is 1.26 bits per heavy atom. The van der Waals surface area contributed by atoms with Crippen molar-refractivity contribution in [3.05, 3.63) is 0 Å². The zero-order chi connectivity index (χ0) is 14.8. The average Bonchev–Trinajstić information content (AvgIpc) is 2.35. The third-order valence-electron chi connectivity index (χ3n) is 1.82. The topological polar surface area (TPSA) is 140 Å². The molecule has 0 aromatic rings. The number of carboxylic acid groups (broad SMARTS) is 1. The third kappa shape index (κ3) is 8.08. The average molecular weight is 280 g/mol. The molecule has 0 amide bonds. The van der Waals surface area contributed by atoms with Gasteiger partial charge in [-0.15, -0.1) is 0 Å². The number of hydrogen-bond acceptors (Lipinski definition) is 8. The van der Waals surface area contributed by atoms with Crippen molar-refractivity contribution in [3.63, 3.8) is 0 Å². The van der Waals surface area contributed by atoms with Crippen molar-refractivity contribution in [3.8, 4) is 0 Å². The Labute approximate surface area is 108 Å². The van der Waals surface area contributed by atoms with Crippen LogP contribution < -0.4 is 0 Å². The van der Waals surface area contributed by atoms with Gasteiger partial charge in [-0.3, -0.25) is 0 Å². The Balaban J connectivity index is 3.92. The fraction of sp³-hybridized carbons (Fsp3) is 0.700. The molecule has 2 atom stereocenters. The maximum atomic E-state index is 11.0. The number of carbonyl (C=O) groups is 3. The SMILES string of the molecule is CCC(OC(=O)OC(=O)COCC(O)CO)C(=O)O. The molecule has 0 aliphatic rings. The monoisotopic (exact) mass is 280 g/mol. The Morgan fingerprint density at radius 3 is 2.37 bits per heavy atom. The molecule has 0 spiro atoms. The molecule has 19 heavy (non-hydrogen) atoms. The fourth-order valence-electron chi connectivity index (χ4n) is 0.902. The van der Waals surface area contributed by atoms with Crippen LogP contribution in [0.1, 0.15) is 13.3 Å². The van der Waals surface area contributed by atoms with Gasteiger partial charge in [-0.1, -0.05) is 6.92 Å². The maximum absolute atomic E-state index is 11.0. The molecule has 0 bridgehead atoms. The summed E-state index contributed by atoms with van der Waals surface area (Å²) in [5.41, 5.74) is 0. The van der Waals surface area contributed by atoms with Crippen LogP contribution in [0.3, 0.4) is 0 Å². The van der Waals surface area contributed by atoms with Gasteiger partial charge in [-0.25, -0.2) is 14.4 Å². The molecule has 0 aliphatic carbocycles. The number of aliphatic carboxylic acids is 1. The van der Waals surface area contributed by atoms with E-state index in [1.807, 2.05) is 0 Å². The lowest BCUT2D eigenvalue weighted by atomic mass is 10.3. The predicted molar refractivity (Wildman–Crippen MR) is 58.2 cm³/mol. The van der Waals surface area contributed by atoms with E-state index in [4.69, 9.17) is 15.3 Å². The second kappa shape index (κ2) is 9.25. The molecule has 9 nitrogen and oxygen atoms in total. The number of hydrogen-bond donors (Lipinski definition) is 3. The second-order valence-electron chi connectivity index (χ2n) is 3.43. The normalized spacial score (nSPS) is 13.4. The summed E-state index contributed by atoms with van der Waals surface area (Å²) in [5.74, 6) is -2.45. The number of esters is 1. The Bertz CT molecular complexity index is 314. The van der Waals surface area contributed by atoms with Gasteiger partial charge < -0.3 is 29.5 Å². The molecule has 0 fully saturated rings. The van der Waals surface area contributed by atoms with Gasteiger partial charge >= 0.3 is 18.1 Å². The van der Waals surface area contributed by atoms with Crippen LogP contribution in [0.5, 0.6) is 0 Å². The van der Waals surface area contributed by atoms with E-state index >= 15 is 0 Å². The van der Waals surface area contributed by atoms with Gasteiger partial charge in [0.2, 0.25) is 6.10 Å². The van der Waals surface area contributed by atoms with Crippen LogP contribution >= 0.6 is 0 Å². The van der Waals surface area contributed by atoms with Gasteiger partial charge in [0, 0.05) is 0 Å². The van der Waals surface area contributed by atoms with Crippen molar-refractivity contribution in [2.45, 2.75) is 25.6 Å². The van der Waals surface area contributed by atoms with Gasteiger partial charge in [0.25, 0.3) is 0 Å². The summed E-state index contributed by atoms with van der Waals surface area (Å²) in [5, 5.41) is 25.9. The molecule has 0 aromatic carbocycles. The molecular formula is C10H16O9. The largest absolute Gasteiger partial charge is 0.517 e. The highest BCUT2D eigenvalue weighted by molar-refractivity contribution is 5.84. The van der Waals surface area contributed by atoms with E-state index in [1.54, 1.807) is 0 Å². The third-order valence-corrected chi connectivity index (χ3v) is 1.82. The van der Waals surface area contributed by atoms with Gasteiger partial charge in [0.05, 0.1) is 13.2 Å². The minimum absolute atomic E-state index is 0.0256. The van der Waals surface area contributed by atoms with Crippen LogP contribution in [0.25, 0.3) is 0 Å². The molecule has 3 N–H and O–H groups in total. The first-order chi connectivity index (χ1) is 8.90. The summed E-state index contributed by atoms with van der Waals surface area (Å²) in [6.07, 6.45) is -3.95. The molecule has 2 unspecified atom stereocenters.